The summed E-state index contributed by atoms with van der Waals surface area (Å²) >= 11 is 0. The number of likely N-dealkylation sites (tertiary alicyclic amines) is 1. The fourth-order valence-corrected chi connectivity index (χ4v) is 5.38. The third-order valence-corrected chi connectivity index (χ3v) is 6.96. The molecule has 0 radical (unpaired) electrons. The summed E-state index contributed by atoms with van der Waals surface area (Å²) in [5.41, 5.74) is 4.56. The van der Waals surface area contributed by atoms with Gasteiger partial charge in [-0.05, 0) is 53.9 Å². The van der Waals surface area contributed by atoms with E-state index in [2.05, 4.69) is 29.6 Å². The molecule has 0 saturated carbocycles. The zero-order valence-electron chi connectivity index (χ0n) is 20.4. The first-order valence-electron chi connectivity index (χ1n) is 12.5. The van der Waals surface area contributed by atoms with E-state index in [4.69, 9.17) is 4.74 Å². The highest BCUT2D eigenvalue weighted by molar-refractivity contribution is 5.86. The number of amides is 2. The van der Waals surface area contributed by atoms with Crippen LogP contribution >= 0.6 is 0 Å². The largest absolute Gasteiger partial charge is 0.481 e. The van der Waals surface area contributed by atoms with E-state index in [-0.39, 0.29) is 36.8 Å². The first-order chi connectivity index (χ1) is 16.8. The van der Waals surface area contributed by atoms with E-state index in [9.17, 15) is 19.5 Å². The molecule has 186 valence electrons. The standard InChI is InChI=1S/C28H34N2O5/c1-18(2)15-25(27(33)30-14-8-7-9-19(30)16-26(31)32)29-28(34)35-17-24-22-12-5-3-10-20(22)21-11-4-6-13-23(21)24/h3-6,10-13,18-19,24-25H,7-9,14-17H2,1-2H3,(H,29,34)(H,31,32)/t19?,25-/m0/s1. The Labute approximate surface area is 206 Å². The van der Waals surface area contributed by atoms with Gasteiger partial charge in [-0.1, -0.05) is 62.4 Å². The molecule has 2 aliphatic rings. The van der Waals surface area contributed by atoms with Crippen molar-refractivity contribution in [1.82, 2.24) is 10.2 Å². The van der Waals surface area contributed by atoms with Crippen LogP contribution in [0.15, 0.2) is 48.5 Å². The average molecular weight is 479 g/mol. The van der Waals surface area contributed by atoms with Gasteiger partial charge in [-0.2, -0.15) is 0 Å². The molecular formula is C28H34N2O5. The van der Waals surface area contributed by atoms with Crippen molar-refractivity contribution in [2.45, 2.75) is 64.0 Å². The van der Waals surface area contributed by atoms with Gasteiger partial charge < -0.3 is 20.1 Å². The van der Waals surface area contributed by atoms with Crippen molar-refractivity contribution in [3.05, 3.63) is 59.7 Å². The summed E-state index contributed by atoms with van der Waals surface area (Å²) in [6.45, 7) is 4.67. The number of nitrogens with one attached hydrogen (secondary N) is 1. The number of fused-ring (bicyclic) bond motifs is 3. The summed E-state index contributed by atoms with van der Waals surface area (Å²) < 4.78 is 5.67. The summed E-state index contributed by atoms with van der Waals surface area (Å²) in [5, 5.41) is 12.1. The minimum absolute atomic E-state index is 0.0607. The number of alkyl carbamates (subject to hydrolysis) is 1. The smallest absolute Gasteiger partial charge is 0.407 e. The predicted octanol–water partition coefficient (Wildman–Crippen LogP) is 4.80. The molecule has 2 aromatic rings. The van der Waals surface area contributed by atoms with Gasteiger partial charge in [0.25, 0.3) is 0 Å². The lowest BCUT2D eigenvalue weighted by Crippen LogP contribution is -2.54. The van der Waals surface area contributed by atoms with E-state index >= 15 is 0 Å². The molecular weight excluding hydrogens is 444 g/mol. The number of hydrogen-bond donors (Lipinski definition) is 2. The van der Waals surface area contributed by atoms with E-state index < -0.39 is 18.1 Å². The van der Waals surface area contributed by atoms with Crippen LogP contribution in [-0.4, -0.2) is 53.2 Å². The number of rotatable bonds is 8. The van der Waals surface area contributed by atoms with E-state index in [0.717, 1.165) is 35.1 Å². The summed E-state index contributed by atoms with van der Waals surface area (Å²) in [6.07, 6.45) is 2.15. The number of ether oxygens (including phenoxy) is 1. The lowest BCUT2D eigenvalue weighted by Gasteiger charge is -2.37. The molecule has 35 heavy (non-hydrogen) atoms. The Bertz CT molecular complexity index is 1040. The van der Waals surface area contributed by atoms with Crippen LogP contribution in [0, 0.1) is 5.92 Å². The lowest BCUT2D eigenvalue weighted by molar-refractivity contribution is -0.143. The summed E-state index contributed by atoms with van der Waals surface area (Å²) in [7, 11) is 0. The maximum Gasteiger partial charge on any atom is 0.407 e. The molecule has 1 unspecified atom stereocenters. The molecule has 7 heteroatoms. The second-order valence-electron chi connectivity index (χ2n) is 9.93. The molecule has 0 aromatic heterocycles. The molecule has 2 aromatic carbocycles. The Kier molecular flexibility index (Phi) is 7.73. The molecule has 1 aliphatic carbocycles. The maximum atomic E-state index is 13.4. The van der Waals surface area contributed by atoms with E-state index in [1.807, 2.05) is 38.1 Å². The van der Waals surface area contributed by atoms with Crippen LogP contribution in [0.4, 0.5) is 4.79 Å². The normalized spacial score (nSPS) is 18.0. The Hall–Kier alpha value is -3.35. The van der Waals surface area contributed by atoms with Crippen LogP contribution in [0.1, 0.15) is 63.0 Å². The quantitative estimate of drug-likeness (QED) is 0.568. The van der Waals surface area contributed by atoms with Crippen LogP contribution in [0.25, 0.3) is 11.1 Å². The van der Waals surface area contributed by atoms with Gasteiger partial charge in [-0.25, -0.2) is 4.79 Å². The number of hydrogen-bond acceptors (Lipinski definition) is 4. The van der Waals surface area contributed by atoms with Crippen molar-refractivity contribution in [3.63, 3.8) is 0 Å². The number of carbonyl (C=O) groups excluding carboxylic acids is 2. The first kappa shape index (κ1) is 24.8. The zero-order chi connectivity index (χ0) is 24.9. The number of piperidine rings is 1. The van der Waals surface area contributed by atoms with Crippen LogP contribution in [-0.2, 0) is 14.3 Å². The predicted molar refractivity (Wildman–Crippen MR) is 133 cm³/mol. The van der Waals surface area contributed by atoms with Crippen molar-refractivity contribution < 1.29 is 24.2 Å². The number of nitrogens with zero attached hydrogens (tertiary/aromatic N) is 1. The van der Waals surface area contributed by atoms with Crippen LogP contribution in [0.2, 0.25) is 0 Å². The van der Waals surface area contributed by atoms with Gasteiger partial charge in [0, 0.05) is 18.5 Å². The summed E-state index contributed by atoms with van der Waals surface area (Å²) in [4.78, 5) is 39.2. The molecule has 0 bridgehead atoms. The molecule has 2 amide bonds. The lowest BCUT2D eigenvalue weighted by atomic mass is 9.96. The first-order valence-corrected chi connectivity index (χ1v) is 12.5. The summed E-state index contributed by atoms with van der Waals surface area (Å²) in [5.74, 6) is -1.03. The Morgan fingerprint density at radius 2 is 1.66 bits per heavy atom. The van der Waals surface area contributed by atoms with Crippen molar-refractivity contribution in [1.29, 1.82) is 0 Å². The van der Waals surface area contributed by atoms with Crippen molar-refractivity contribution in [2.24, 2.45) is 5.92 Å². The molecule has 1 saturated heterocycles. The summed E-state index contributed by atoms with van der Waals surface area (Å²) in [6, 6.07) is 15.2. The number of benzene rings is 2. The van der Waals surface area contributed by atoms with Gasteiger partial charge >= 0.3 is 12.1 Å². The molecule has 1 aliphatic heterocycles. The number of aliphatic carboxylic acids is 1. The monoisotopic (exact) mass is 478 g/mol. The third kappa shape index (κ3) is 5.66. The Balaban J connectivity index is 1.44. The number of carbonyl (C=O) groups is 3. The van der Waals surface area contributed by atoms with Crippen LogP contribution in [0.5, 0.6) is 0 Å². The van der Waals surface area contributed by atoms with Gasteiger partial charge in [-0.3, -0.25) is 9.59 Å². The van der Waals surface area contributed by atoms with E-state index in [1.54, 1.807) is 4.90 Å². The molecule has 4 rings (SSSR count). The SMILES string of the molecule is CC(C)C[C@H](NC(=O)OCC1c2ccccc2-c2ccccc21)C(=O)N1CCCCC1CC(=O)O. The molecule has 0 spiro atoms. The fraction of sp³-hybridized carbons (Fsp3) is 0.464. The highest BCUT2D eigenvalue weighted by atomic mass is 16.5. The Morgan fingerprint density at radius 1 is 1.03 bits per heavy atom. The minimum atomic E-state index is -0.917. The molecule has 7 nitrogen and oxygen atoms in total. The highest BCUT2D eigenvalue weighted by Gasteiger charge is 2.35. The zero-order valence-corrected chi connectivity index (χ0v) is 20.4. The van der Waals surface area contributed by atoms with Crippen molar-refractivity contribution in [2.75, 3.05) is 13.2 Å². The molecule has 1 heterocycles. The second kappa shape index (κ2) is 10.9. The molecule has 1 fully saturated rings. The molecule has 2 atom stereocenters. The van der Waals surface area contributed by atoms with Gasteiger partial charge in [-0.15, -0.1) is 0 Å². The Morgan fingerprint density at radius 3 is 2.26 bits per heavy atom. The van der Waals surface area contributed by atoms with E-state index in [0.29, 0.717) is 19.4 Å². The number of carboxylic acids is 1. The van der Waals surface area contributed by atoms with Gasteiger partial charge in [0.1, 0.15) is 12.6 Å². The van der Waals surface area contributed by atoms with E-state index in [1.165, 1.54) is 0 Å². The van der Waals surface area contributed by atoms with Gasteiger partial charge in [0.05, 0.1) is 6.42 Å². The van der Waals surface area contributed by atoms with Gasteiger partial charge in [0.15, 0.2) is 0 Å². The molecule has 2 N–H and O–H groups in total. The second-order valence-corrected chi connectivity index (χ2v) is 9.93. The van der Waals surface area contributed by atoms with Gasteiger partial charge in [0.2, 0.25) is 5.91 Å². The third-order valence-electron chi connectivity index (χ3n) is 6.96. The fourth-order valence-electron chi connectivity index (χ4n) is 5.38. The highest BCUT2D eigenvalue weighted by Crippen LogP contribution is 2.44. The van der Waals surface area contributed by atoms with Crippen molar-refractivity contribution >= 4 is 18.0 Å². The topological polar surface area (TPSA) is 95.9 Å². The van der Waals surface area contributed by atoms with Crippen LogP contribution in [0.3, 0.4) is 0 Å². The maximum absolute atomic E-state index is 13.4. The average Bonchev–Trinajstić information content (AvgIpc) is 3.15. The minimum Gasteiger partial charge on any atom is -0.481 e. The number of carboxylic acid groups (broad SMARTS) is 1. The van der Waals surface area contributed by atoms with Crippen molar-refractivity contribution in [3.8, 4) is 11.1 Å². The van der Waals surface area contributed by atoms with Crippen LogP contribution < -0.4 is 5.32 Å².